The molecule has 2 unspecified atom stereocenters. The second kappa shape index (κ2) is 46.3. The summed E-state index contributed by atoms with van der Waals surface area (Å²) < 4.78 is 34.5. The lowest BCUT2D eigenvalue weighted by Gasteiger charge is -2.24. The number of esters is 2. The fourth-order valence-electron chi connectivity index (χ4n) is 6.66. The molecule has 0 rings (SSSR count). The molecular formula is C55H97NO8P+. The van der Waals surface area contributed by atoms with Gasteiger partial charge in [0.15, 0.2) is 6.10 Å². The lowest BCUT2D eigenvalue weighted by atomic mass is 10.1. The van der Waals surface area contributed by atoms with Crippen molar-refractivity contribution in [2.24, 2.45) is 0 Å². The van der Waals surface area contributed by atoms with E-state index in [2.05, 4.69) is 98.9 Å². The molecule has 0 aromatic carbocycles. The summed E-state index contributed by atoms with van der Waals surface area (Å²) in [6, 6.07) is 0. The van der Waals surface area contributed by atoms with Crippen LogP contribution in [0.1, 0.15) is 200 Å². The van der Waals surface area contributed by atoms with Gasteiger partial charge in [0.05, 0.1) is 27.7 Å². The minimum Gasteiger partial charge on any atom is -0.462 e. The Morgan fingerprint density at radius 2 is 0.877 bits per heavy atom. The molecule has 65 heavy (non-hydrogen) atoms. The summed E-state index contributed by atoms with van der Waals surface area (Å²) >= 11 is 0. The second-order valence-corrected chi connectivity index (χ2v) is 19.6. The first-order valence-corrected chi connectivity index (χ1v) is 27.3. The monoisotopic (exact) mass is 931 g/mol. The van der Waals surface area contributed by atoms with Crippen LogP contribution in [0.25, 0.3) is 0 Å². The maximum Gasteiger partial charge on any atom is 0.472 e. The summed E-state index contributed by atoms with van der Waals surface area (Å²) in [4.78, 5) is 35.6. The number of hydrogen-bond donors (Lipinski definition) is 1. The molecule has 0 spiro atoms. The topological polar surface area (TPSA) is 108 Å². The Balaban J connectivity index is 4.31. The van der Waals surface area contributed by atoms with Gasteiger partial charge in [0.2, 0.25) is 0 Å². The molecule has 0 aliphatic rings. The predicted octanol–water partition coefficient (Wildman–Crippen LogP) is 15.5. The molecule has 0 heterocycles. The number of phosphoric ester groups is 1. The molecule has 2 atom stereocenters. The highest BCUT2D eigenvalue weighted by molar-refractivity contribution is 7.47. The lowest BCUT2D eigenvalue weighted by molar-refractivity contribution is -0.870. The van der Waals surface area contributed by atoms with Gasteiger partial charge in [-0.15, -0.1) is 0 Å². The van der Waals surface area contributed by atoms with Crippen LogP contribution in [0.3, 0.4) is 0 Å². The molecule has 1 N–H and O–H groups in total. The zero-order chi connectivity index (χ0) is 47.8. The first-order chi connectivity index (χ1) is 31.5. The van der Waals surface area contributed by atoms with E-state index in [-0.39, 0.29) is 32.0 Å². The standard InChI is InChI=1S/C55H96NO8P/c1-6-8-10-12-14-16-18-20-22-24-26-27-28-29-30-32-34-36-38-40-42-44-46-48-55(58)64-53(52-63-65(59,60)62-50-49-56(3,4)5)51-61-54(57)47-45-43-41-39-37-35-33-31-25-23-21-19-17-15-13-11-9-7-2/h8,10,14,16-17,19-20,22-23,25-27,29-30,53H,6-7,9,11-13,15,18,21,24,28,31-52H2,1-5H3/p+1/b10-8-,16-14-,19-17-,22-20-,25-23-,27-26-,30-29-. The smallest absolute Gasteiger partial charge is 0.462 e. The third-order valence-electron chi connectivity index (χ3n) is 10.7. The van der Waals surface area contributed by atoms with Crippen LogP contribution < -0.4 is 0 Å². The molecule has 0 aliphatic carbocycles. The van der Waals surface area contributed by atoms with Crippen molar-refractivity contribution >= 4 is 19.8 Å². The highest BCUT2D eigenvalue weighted by Crippen LogP contribution is 2.43. The molecule has 0 saturated carbocycles. The SMILES string of the molecule is CC/C=C\C/C=C\C/C=C\C/C=C\C/C=C\CCCCCCCCCC(=O)OC(COC(=O)CCCCCCCCC/C=C\C/C=C\CCCCCC)COP(=O)(O)OCC[N+](C)(C)C. The Hall–Kier alpha value is -2.81. The third-order valence-corrected chi connectivity index (χ3v) is 11.6. The number of rotatable bonds is 46. The Morgan fingerprint density at radius 3 is 1.31 bits per heavy atom. The van der Waals surface area contributed by atoms with E-state index in [0.717, 1.165) is 96.3 Å². The van der Waals surface area contributed by atoms with E-state index in [9.17, 15) is 19.0 Å². The van der Waals surface area contributed by atoms with Crippen molar-refractivity contribution in [1.82, 2.24) is 0 Å². The summed E-state index contributed by atoms with van der Waals surface area (Å²) in [7, 11) is 1.45. The van der Waals surface area contributed by atoms with E-state index in [4.69, 9.17) is 18.5 Å². The molecule has 0 fully saturated rings. The summed E-state index contributed by atoms with van der Waals surface area (Å²) in [5.41, 5.74) is 0. The van der Waals surface area contributed by atoms with Crippen molar-refractivity contribution in [3.63, 3.8) is 0 Å². The molecule has 0 aliphatic heterocycles. The van der Waals surface area contributed by atoms with E-state index < -0.39 is 26.5 Å². The number of phosphoric acid groups is 1. The zero-order valence-corrected chi connectivity index (χ0v) is 43.1. The Labute approximate surface area is 399 Å². The Morgan fingerprint density at radius 1 is 0.492 bits per heavy atom. The Bertz CT molecular complexity index is 1380. The molecule has 374 valence electrons. The maximum absolute atomic E-state index is 12.8. The van der Waals surface area contributed by atoms with Gasteiger partial charge in [-0.05, 0) is 89.9 Å². The van der Waals surface area contributed by atoms with Gasteiger partial charge in [0.25, 0.3) is 0 Å². The van der Waals surface area contributed by atoms with Gasteiger partial charge in [-0.3, -0.25) is 18.6 Å². The minimum atomic E-state index is -4.39. The van der Waals surface area contributed by atoms with Crippen molar-refractivity contribution in [3.05, 3.63) is 85.1 Å². The number of hydrogen-bond acceptors (Lipinski definition) is 7. The van der Waals surface area contributed by atoms with Gasteiger partial charge in [-0.25, -0.2) is 4.57 Å². The average molecular weight is 931 g/mol. The second-order valence-electron chi connectivity index (χ2n) is 18.2. The average Bonchev–Trinajstić information content (AvgIpc) is 3.26. The van der Waals surface area contributed by atoms with Crippen LogP contribution in [0, 0.1) is 0 Å². The fraction of sp³-hybridized carbons (Fsp3) is 0.709. The molecular weight excluding hydrogens is 834 g/mol. The van der Waals surface area contributed by atoms with Crippen LogP contribution in [0.5, 0.6) is 0 Å². The zero-order valence-electron chi connectivity index (χ0n) is 42.2. The number of quaternary nitrogens is 1. The summed E-state index contributed by atoms with van der Waals surface area (Å²) in [5, 5.41) is 0. The molecule has 10 heteroatoms. The lowest BCUT2D eigenvalue weighted by Crippen LogP contribution is -2.37. The molecule has 0 aromatic rings. The maximum atomic E-state index is 12.8. The highest BCUT2D eigenvalue weighted by atomic mass is 31.2. The highest BCUT2D eigenvalue weighted by Gasteiger charge is 2.27. The number of carbonyl (C=O) groups excluding carboxylic acids is 2. The van der Waals surface area contributed by atoms with E-state index >= 15 is 0 Å². The number of nitrogens with zero attached hydrogens (tertiary/aromatic N) is 1. The quantitative estimate of drug-likeness (QED) is 0.0211. The van der Waals surface area contributed by atoms with Crippen LogP contribution in [0.15, 0.2) is 85.1 Å². The third kappa shape index (κ3) is 50.4. The van der Waals surface area contributed by atoms with Gasteiger partial charge in [-0.2, -0.15) is 0 Å². The van der Waals surface area contributed by atoms with Gasteiger partial charge in [0.1, 0.15) is 19.8 Å². The predicted molar refractivity (Wildman–Crippen MR) is 275 cm³/mol. The van der Waals surface area contributed by atoms with Crippen LogP contribution in [0.4, 0.5) is 0 Å². The first kappa shape index (κ1) is 62.2. The first-order valence-electron chi connectivity index (χ1n) is 25.8. The minimum absolute atomic E-state index is 0.0236. The molecule has 0 amide bonds. The van der Waals surface area contributed by atoms with Gasteiger partial charge in [-0.1, -0.05) is 182 Å². The molecule has 0 radical (unpaired) electrons. The van der Waals surface area contributed by atoms with Crippen molar-refractivity contribution in [2.45, 2.75) is 206 Å². The Kier molecular flexibility index (Phi) is 44.3. The fourth-order valence-corrected chi connectivity index (χ4v) is 7.40. The van der Waals surface area contributed by atoms with Crippen LogP contribution in [-0.2, 0) is 32.7 Å². The van der Waals surface area contributed by atoms with Crippen LogP contribution in [-0.4, -0.2) is 74.9 Å². The summed E-state index contributed by atoms with van der Waals surface area (Å²) in [6.45, 7) is 4.27. The normalized spacial score (nSPS) is 14.1. The number of carbonyl (C=O) groups is 2. The number of ether oxygens (including phenoxy) is 2. The number of unbranched alkanes of at least 4 members (excludes halogenated alkanes) is 18. The van der Waals surface area contributed by atoms with E-state index in [1.54, 1.807) is 0 Å². The number of likely N-dealkylation sites (N-methyl/N-ethyl adjacent to an activating group) is 1. The van der Waals surface area contributed by atoms with Gasteiger partial charge < -0.3 is 18.9 Å². The van der Waals surface area contributed by atoms with Crippen molar-refractivity contribution in [2.75, 3.05) is 47.5 Å². The van der Waals surface area contributed by atoms with Crippen LogP contribution >= 0.6 is 7.82 Å². The molecule has 0 aromatic heterocycles. The summed E-state index contributed by atoms with van der Waals surface area (Å²) in [5.74, 6) is -0.824. The molecule has 0 saturated heterocycles. The van der Waals surface area contributed by atoms with E-state index in [0.29, 0.717) is 17.4 Å². The van der Waals surface area contributed by atoms with E-state index in [1.165, 1.54) is 70.6 Å². The van der Waals surface area contributed by atoms with Crippen LogP contribution in [0.2, 0.25) is 0 Å². The largest absolute Gasteiger partial charge is 0.472 e. The van der Waals surface area contributed by atoms with Crippen molar-refractivity contribution in [3.8, 4) is 0 Å². The molecule has 0 bridgehead atoms. The summed E-state index contributed by atoms with van der Waals surface area (Å²) in [6.07, 6.45) is 60.6. The molecule has 9 nitrogen and oxygen atoms in total. The van der Waals surface area contributed by atoms with Gasteiger partial charge in [0, 0.05) is 12.8 Å². The van der Waals surface area contributed by atoms with Crippen molar-refractivity contribution < 1.29 is 42.1 Å². The van der Waals surface area contributed by atoms with Crippen molar-refractivity contribution in [1.29, 1.82) is 0 Å². The number of allylic oxidation sites excluding steroid dienone is 14. The van der Waals surface area contributed by atoms with Gasteiger partial charge >= 0.3 is 19.8 Å². The van der Waals surface area contributed by atoms with E-state index in [1.807, 2.05) is 21.1 Å².